The van der Waals surface area contributed by atoms with Gasteiger partial charge in [0.25, 0.3) is 0 Å². The maximum Gasteiger partial charge on any atom is 0.238 e. The third kappa shape index (κ3) is 5.13. The molecule has 150 valence electrons. The summed E-state index contributed by atoms with van der Waals surface area (Å²) in [6, 6.07) is 7.22. The first-order chi connectivity index (χ1) is 13.3. The Bertz CT molecular complexity index is 850. The Labute approximate surface area is 175 Å². The van der Waals surface area contributed by atoms with E-state index < -0.39 is 0 Å². The molecule has 1 aliphatic rings. The molecule has 1 amide bonds. The van der Waals surface area contributed by atoms with Gasteiger partial charge in [-0.05, 0) is 19.1 Å². The number of halogens is 2. The van der Waals surface area contributed by atoms with Crippen LogP contribution in [0.25, 0.3) is 0 Å². The van der Waals surface area contributed by atoms with Crippen molar-refractivity contribution in [1.29, 1.82) is 0 Å². The van der Waals surface area contributed by atoms with Gasteiger partial charge in [0.05, 0.1) is 22.3 Å². The number of piperazine rings is 1. The second-order valence-electron chi connectivity index (χ2n) is 7.29. The van der Waals surface area contributed by atoms with Crippen LogP contribution in [-0.2, 0) is 4.79 Å². The van der Waals surface area contributed by atoms with E-state index in [4.69, 9.17) is 28.2 Å². The second kappa shape index (κ2) is 9.07. The van der Waals surface area contributed by atoms with Crippen molar-refractivity contribution < 1.29 is 4.79 Å². The molecule has 0 saturated carbocycles. The summed E-state index contributed by atoms with van der Waals surface area (Å²) in [6.07, 6.45) is 0. The van der Waals surface area contributed by atoms with Gasteiger partial charge in [0.15, 0.2) is 0 Å². The molecule has 0 atom stereocenters. The van der Waals surface area contributed by atoms with E-state index in [-0.39, 0.29) is 5.91 Å². The molecule has 1 N–H and O–H groups in total. The molecule has 1 aromatic carbocycles. The fourth-order valence-corrected chi connectivity index (χ4v) is 3.47. The van der Waals surface area contributed by atoms with Crippen LogP contribution in [0.1, 0.15) is 31.3 Å². The van der Waals surface area contributed by atoms with Crippen LogP contribution in [0, 0.1) is 6.92 Å². The summed E-state index contributed by atoms with van der Waals surface area (Å²) in [6.45, 7) is 9.73. The number of carbonyl (C=O) groups is 1. The smallest absolute Gasteiger partial charge is 0.238 e. The minimum absolute atomic E-state index is 0.0995. The summed E-state index contributed by atoms with van der Waals surface area (Å²) in [5, 5.41) is 3.63. The Morgan fingerprint density at radius 1 is 1.18 bits per heavy atom. The zero-order valence-corrected chi connectivity index (χ0v) is 17.9. The van der Waals surface area contributed by atoms with Crippen LogP contribution >= 0.6 is 23.2 Å². The lowest BCUT2D eigenvalue weighted by Crippen LogP contribution is -2.49. The average Bonchev–Trinajstić information content (AvgIpc) is 2.65. The van der Waals surface area contributed by atoms with E-state index in [1.54, 1.807) is 18.2 Å². The first-order valence-electron chi connectivity index (χ1n) is 9.40. The van der Waals surface area contributed by atoms with Gasteiger partial charge in [-0.25, -0.2) is 9.97 Å². The van der Waals surface area contributed by atoms with Gasteiger partial charge in [-0.3, -0.25) is 9.69 Å². The average molecular weight is 422 g/mol. The van der Waals surface area contributed by atoms with Crippen molar-refractivity contribution in [3.63, 3.8) is 0 Å². The van der Waals surface area contributed by atoms with Crippen LogP contribution in [0.4, 0.5) is 11.5 Å². The van der Waals surface area contributed by atoms with Crippen molar-refractivity contribution in [2.75, 3.05) is 42.9 Å². The number of aromatic nitrogens is 2. The molecule has 0 unspecified atom stereocenters. The first-order valence-corrected chi connectivity index (χ1v) is 10.2. The van der Waals surface area contributed by atoms with E-state index in [9.17, 15) is 4.79 Å². The highest BCUT2D eigenvalue weighted by Crippen LogP contribution is 2.29. The van der Waals surface area contributed by atoms with Gasteiger partial charge in [0, 0.05) is 43.9 Å². The Balaban J connectivity index is 1.55. The minimum atomic E-state index is -0.0995. The Hall–Kier alpha value is -1.89. The lowest BCUT2D eigenvalue weighted by atomic mass is 10.2. The van der Waals surface area contributed by atoms with Gasteiger partial charge in [-0.2, -0.15) is 0 Å². The van der Waals surface area contributed by atoms with E-state index >= 15 is 0 Å². The lowest BCUT2D eigenvalue weighted by Gasteiger charge is -2.35. The number of hydrogen-bond donors (Lipinski definition) is 1. The number of nitrogens with one attached hydrogen (secondary N) is 1. The molecular weight excluding hydrogens is 397 g/mol. The predicted molar refractivity (Wildman–Crippen MR) is 115 cm³/mol. The molecule has 0 radical (unpaired) electrons. The topological polar surface area (TPSA) is 61.4 Å². The molecule has 6 nitrogen and oxygen atoms in total. The first kappa shape index (κ1) is 20.8. The van der Waals surface area contributed by atoms with Crippen molar-refractivity contribution in [2.24, 2.45) is 0 Å². The SMILES string of the molecule is Cc1cc(N2CCN(CC(=O)Nc3cccc(Cl)c3Cl)CC2)nc(C(C)C)n1. The zero-order valence-electron chi connectivity index (χ0n) is 16.4. The Kier molecular flexibility index (Phi) is 6.75. The van der Waals surface area contributed by atoms with Crippen LogP contribution in [0.5, 0.6) is 0 Å². The Morgan fingerprint density at radius 2 is 1.89 bits per heavy atom. The Morgan fingerprint density at radius 3 is 2.57 bits per heavy atom. The third-order valence-electron chi connectivity index (χ3n) is 4.66. The van der Waals surface area contributed by atoms with Gasteiger partial charge in [0.2, 0.25) is 5.91 Å². The summed E-state index contributed by atoms with van der Waals surface area (Å²) < 4.78 is 0. The van der Waals surface area contributed by atoms with Crippen LogP contribution in [0.3, 0.4) is 0 Å². The van der Waals surface area contributed by atoms with Crippen LogP contribution in [-0.4, -0.2) is 53.5 Å². The van der Waals surface area contributed by atoms with Crippen LogP contribution in [0.2, 0.25) is 10.0 Å². The zero-order chi connectivity index (χ0) is 20.3. The maximum atomic E-state index is 12.4. The van der Waals surface area contributed by atoms with E-state index in [2.05, 4.69) is 33.9 Å². The van der Waals surface area contributed by atoms with Gasteiger partial charge in [-0.1, -0.05) is 43.1 Å². The number of amides is 1. The summed E-state index contributed by atoms with van der Waals surface area (Å²) in [5.74, 6) is 2.03. The van der Waals surface area contributed by atoms with Gasteiger partial charge in [0.1, 0.15) is 11.6 Å². The molecule has 1 aliphatic heterocycles. The quantitative estimate of drug-likeness (QED) is 0.790. The summed E-state index contributed by atoms with van der Waals surface area (Å²) in [4.78, 5) is 26.0. The molecule has 0 spiro atoms. The molecule has 1 saturated heterocycles. The normalized spacial score (nSPS) is 15.1. The number of aryl methyl sites for hydroxylation is 1. The maximum absolute atomic E-state index is 12.4. The molecule has 0 bridgehead atoms. The van der Waals surface area contributed by atoms with Crippen LogP contribution < -0.4 is 10.2 Å². The molecule has 2 heterocycles. The van der Waals surface area contributed by atoms with E-state index in [0.29, 0.717) is 28.2 Å². The number of carbonyl (C=O) groups excluding carboxylic acids is 1. The van der Waals surface area contributed by atoms with E-state index in [1.807, 2.05) is 13.0 Å². The number of hydrogen-bond acceptors (Lipinski definition) is 5. The van der Waals surface area contributed by atoms with Crippen molar-refractivity contribution in [3.8, 4) is 0 Å². The van der Waals surface area contributed by atoms with Crippen molar-refractivity contribution in [3.05, 3.63) is 45.8 Å². The van der Waals surface area contributed by atoms with Crippen LogP contribution in [0.15, 0.2) is 24.3 Å². The van der Waals surface area contributed by atoms with Gasteiger partial charge < -0.3 is 10.2 Å². The van der Waals surface area contributed by atoms with E-state index in [1.165, 1.54) is 0 Å². The fraction of sp³-hybridized carbons (Fsp3) is 0.450. The highest BCUT2D eigenvalue weighted by molar-refractivity contribution is 6.44. The molecule has 0 aliphatic carbocycles. The molecule has 8 heteroatoms. The third-order valence-corrected chi connectivity index (χ3v) is 5.48. The molecule has 3 rings (SSSR count). The highest BCUT2D eigenvalue weighted by Gasteiger charge is 2.21. The number of nitrogens with zero attached hydrogens (tertiary/aromatic N) is 4. The number of anilines is 2. The lowest BCUT2D eigenvalue weighted by molar-refractivity contribution is -0.117. The summed E-state index contributed by atoms with van der Waals surface area (Å²) >= 11 is 12.1. The summed E-state index contributed by atoms with van der Waals surface area (Å²) in [5.41, 5.74) is 1.52. The largest absolute Gasteiger partial charge is 0.354 e. The standard InChI is InChI=1S/C20H25Cl2N5O/c1-13(2)20-23-14(3)11-17(25-20)27-9-7-26(8-10-27)12-18(28)24-16-6-4-5-15(21)19(16)22/h4-6,11,13H,7-10,12H2,1-3H3,(H,24,28). The highest BCUT2D eigenvalue weighted by atomic mass is 35.5. The number of rotatable bonds is 5. The predicted octanol–water partition coefficient (Wildman–Crippen LogP) is 3.98. The molecular formula is C20H25Cl2N5O. The molecule has 2 aromatic rings. The fourth-order valence-electron chi connectivity index (χ4n) is 3.12. The number of benzene rings is 1. The summed E-state index contributed by atoms with van der Waals surface area (Å²) in [7, 11) is 0. The molecule has 1 aromatic heterocycles. The van der Waals surface area contributed by atoms with Gasteiger partial charge in [-0.15, -0.1) is 0 Å². The molecule has 28 heavy (non-hydrogen) atoms. The van der Waals surface area contributed by atoms with E-state index in [0.717, 1.165) is 43.5 Å². The minimum Gasteiger partial charge on any atom is -0.354 e. The van der Waals surface area contributed by atoms with Crippen molar-refractivity contribution >= 4 is 40.6 Å². The molecule has 1 fully saturated rings. The van der Waals surface area contributed by atoms with Crippen molar-refractivity contribution in [1.82, 2.24) is 14.9 Å². The second-order valence-corrected chi connectivity index (χ2v) is 8.08. The van der Waals surface area contributed by atoms with Gasteiger partial charge >= 0.3 is 0 Å². The monoisotopic (exact) mass is 421 g/mol. The van der Waals surface area contributed by atoms with Crippen molar-refractivity contribution in [2.45, 2.75) is 26.7 Å².